The summed E-state index contributed by atoms with van der Waals surface area (Å²) >= 11 is 9.55. The molecule has 14 nitrogen and oxygen atoms in total. The van der Waals surface area contributed by atoms with E-state index in [2.05, 4.69) is 69.7 Å². The molecule has 0 bridgehead atoms. The number of anilines is 3. The lowest BCUT2D eigenvalue weighted by Gasteiger charge is -2.40. The van der Waals surface area contributed by atoms with E-state index in [9.17, 15) is 24.3 Å². The lowest BCUT2D eigenvalue weighted by atomic mass is 9.85. The maximum atomic E-state index is 13.0. The Morgan fingerprint density at radius 3 is 2.57 bits per heavy atom. The van der Waals surface area contributed by atoms with Gasteiger partial charge in [0, 0.05) is 62.2 Å². The Hall–Kier alpha value is -5.91. The number of aliphatic hydroxyl groups is 1. The monoisotopic (exact) mass is 1010 g/mol. The quantitative estimate of drug-likeness (QED) is 0.0343. The number of fused-ring (bicyclic) bond motifs is 2. The van der Waals surface area contributed by atoms with Crippen LogP contribution in [-0.2, 0) is 20.1 Å². The molecule has 9 rings (SSSR count). The number of aliphatic hydroxyl groups excluding tert-OH is 1. The van der Waals surface area contributed by atoms with Crippen molar-refractivity contribution in [3.63, 3.8) is 0 Å². The number of nitrogens with zero attached hydrogens (tertiary/aromatic N) is 4. The number of rotatable bonds is 19. The van der Waals surface area contributed by atoms with Gasteiger partial charge in [-0.2, -0.15) is 4.98 Å². The van der Waals surface area contributed by atoms with E-state index >= 15 is 0 Å². The van der Waals surface area contributed by atoms with Gasteiger partial charge in [0.1, 0.15) is 23.2 Å². The number of aryl methyl sites for hydroxylation is 1. The number of hydrogen-bond donors (Lipinski definition) is 4. The van der Waals surface area contributed by atoms with E-state index < -0.39 is 12.0 Å². The zero-order chi connectivity index (χ0) is 49.5. The summed E-state index contributed by atoms with van der Waals surface area (Å²) < 4.78 is 14.3. The lowest BCUT2D eigenvalue weighted by Crippen LogP contribution is -2.45. The van der Waals surface area contributed by atoms with E-state index in [4.69, 9.17) is 30.8 Å². The summed E-state index contributed by atoms with van der Waals surface area (Å²) in [6, 6.07) is 24.9. The van der Waals surface area contributed by atoms with Gasteiger partial charge in [-0.05, 0) is 122 Å². The number of hydrogen-bond acceptors (Lipinski definition) is 13. The van der Waals surface area contributed by atoms with Crippen molar-refractivity contribution in [2.45, 2.75) is 87.6 Å². The number of carboxylic acid groups (broad SMARTS) is 1. The van der Waals surface area contributed by atoms with Crippen LogP contribution in [0, 0.1) is 6.92 Å². The van der Waals surface area contributed by atoms with Crippen LogP contribution >= 0.6 is 34.9 Å². The number of aldehydes is 1. The summed E-state index contributed by atoms with van der Waals surface area (Å²) in [5.74, 6) is -0.196. The highest BCUT2D eigenvalue weighted by molar-refractivity contribution is 7.96. The predicted molar refractivity (Wildman–Crippen MR) is 281 cm³/mol. The first-order chi connectivity index (χ1) is 34.0. The predicted octanol–water partition coefficient (Wildman–Crippen LogP) is 10.2. The van der Waals surface area contributed by atoms with Gasteiger partial charge in [-0.1, -0.05) is 72.1 Å². The minimum Gasteiger partial charge on any atom is -0.483 e. The third-order valence-corrected chi connectivity index (χ3v) is 16.7. The number of ether oxygens (including phenoxy) is 1. The number of likely N-dealkylation sites (N-methyl/N-ethyl adjacent to an activating group) is 1. The van der Waals surface area contributed by atoms with Gasteiger partial charge < -0.3 is 39.8 Å². The molecule has 0 radical (unpaired) electrons. The van der Waals surface area contributed by atoms with Crippen LogP contribution in [0.4, 0.5) is 17.4 Å². The van der Waals surface area contributed by atoms with Gasteiger partial charge in [0.2, 0.25) is 12.3 Å². The van der Waals surface area contributed by atoms with Gasteiger partial charge in [0.05, 0.1) is 10.6 Å². The fourth-order valence-electron chi connectivity index (χ4n) is 10.1. The van der Waals surface area contributed by atoms with Crippen LogP contribution in [0.1, 0.15) is 83.6 Å². The average molecular weight is 1010 g/mol. The summed E-state index contributed by atoms with van der Waals surface area (Å²) in [4.78, 5) is 57.9. The lowest BCUT2D eigenvalue weighted by molar-refractivity contribution is -0.123. The molecule has 1 spiro atoms. The Morgan fingerprint density at radius 1 is 1.07 bits per heavy atom. The number of aromatic carboxylic acids is 1. The number of carbonyl (C=O) groups excluding carboxylic acids is 3. The Bertz CT molecular complexity index is 2880. The van der Waals surface area contributed by atoms with Gasteiger partial charge in [-0.25, -0.2) is 9.10 Å². The van der Waals surface area contributed by atoms with Gasteiger partial charge in [-0.15, -0.1) is 17.9 Å². The van der Waals surface area contributed by atoms with Gasteiger partial charge in [0.25, 0.3) is 6.01 Å². The van der Waals surface area contributed by atoms with Crippen molar-refractivity contribution in [3.8, 4) is 16.2 Å². The smallest absolute Gasteiger partial charge is 0.349 e. The zero-order valence-corrected chi connectivity index (χ0v) is 42.0. The number of oxazole rings is 1. The summed E-state index contributed by atoms with van der Waals surface area (Å²) in [5.41, 5.74) is 7.76. The van der Waals surface area contributed by atoms with Crippen molar-refractivity contribution in [2.24, 2.45) is 0 Å². The zero-order valence-electron chi connectivity index (χ0n) is 39.6. The Labute approximate surface area is 421 Å². The SMILES string of the molecule is C=CCCC(C(=O)NC)N(C=O)c1ccc(C2CCN(c3nc4cc(CSN5CCC(Nc6cccc(-c7sc(C(=O)O)c(OCC=O)c7Cl)c6)CC56CC6)ccc4o3)CC2)c2cccc(C)c12.CO. The minimum absolute atomic E-state index is 0.0221. The Kier molecular flexibility index (Phi) is 16.2. The average Bonchev–Trinajstić information content (AvgIpc) is 3.86. The summed E-state index contributed by atoms with van der Waals surface area (Å²) in [5, 5.41) is 25.5. The number of carboxylic acids is 1. The molecule has 1 saturated carbocycles. The molecule has 2 aliphatic heterocycles. The number of benzene rings is 4. The number of allylic oxidation sites excluding steroid dienone is 1. The molecule has 4 heterocycles. The highest BCUT2D eigenvalue weighted by Gasteiger charge is 2.52. The number of nitrogens with one attached hydrogen (secondary N) is 2. The molecular weight excluding hydrogens is 948 g/mol. The van der Waals surface area contributed by atoms with E-state index in [0.717, 1.165) is 133 Å². The Morgan fingerprint density at radius 2 is 1.86 bits per heavy atom. The summed E-state index contributed by atoms with van der Waals surface area (Å²) in [6.07, 6.45) is 10.3. The second-order valence-corrected chi connectivity index (χ2v) is 20.3. The van der Waals surface area contributed by atoms with Crippen LogP contribution in [0.15, 0.2) is 89.9 Å². The highest BCUT2D eigenvalue weighted by atomic mass is 35.5. The maximum Gasteiger partial charge on any atom is 0.349 e. The van der Waals surface area contributed by atoms with Crippen molar-refractivity contribution in [3.05, 3.63) is 112 Å². The number of piperidine rings is 2. The standard InChI is InChI=1S/C52H55ClN6O7S2.CH4O/c1-4-5-12-42(49(62)54-3)58(31-61)41-15-14-38(39-11-6-8-32(2)44(39)41)34-17-22-57(23-18-34)51-56-40-27-33(13-16-43(40)66-51)30-67-59-24-19-37(29-52(59)20-21-52)55-36-10-7-9-35(28-36)47-45(53)46(65-26-25-60)48(68-47)50(63)64;1-2/h4,6-11,13-16,25,27-28,31,34,37,42,55H,1,5,12,17-24,26,29-30H2,2-3H3,(H,54,62)(H,63,64);2H,1H3. The minimum atomic E-state index is -1.15. The molecule has 3 aliphatic rings. The molecule has 2 aromatic heterocycles. The molecule has 2 atom stereocenters. The maximum absolute atomic E-state index is 13.0. The first kappa shape index (κ1) is 50.5. The van der Waals surface area contributed by atoms with Gasteiger partial charge in [0.15, 0.2) is 22.5 Å². The second-order valence-electron chi connectivity index (χ2n) is 17.9. The number of halogens is 1. The van der Waals surface area contributed by atoms with E-state index in [1.54, 1.807) is 18.0 Å². The van der Waals surface area contributed by atoms with E-state index in [0.29, 0.717) is 35.9 Å². The number of thiophene rings is 1. The van der Waals surface area contributed by atoms with E-state index in [1.807, 2.05) is 48.3 Å². The molecule has 6 aromatic rings. The van der Waals surface area contributed by atoms with E-state index in [1.165, 1.54) is 11.1 Å². The van der Waals surface area contributed by atoms with Crippen LogP contribution in [0.5, 0.6) is 5.75 Å². The van der Waals surface area contributed by atoms with Crippen molar-refractivity contribution in [1.82, 2.24) is 14.6 Å². The first-order valence-corrected chi connectivity index (χ1v) is 25.8. The van der Waals surface area contributed by atoms with Crippen LogP contribution in [-0.4, -0.2) is 102 Å². The summed E-state index contributed by atoms with van der Waals surface area (Å²) in [6.45, 7) is 8.15. The Balaban J connectivity index is 0.00000325. The molecular formula is C53H59ClN6O8S2. The topological polar surface area (TPSA) is 178 Å². The highest BCUT2D eigenvalue weighted by Crippen LogP contribution is 2.52. The van der Waals surface area contributed by atoms with Gasteiger partial charge >= 0.3 is 5.97 Å². The number of amides is 2. The molecule has 368 valence electrons. The molecule has 70 heavy (non-hydrogen) atoms. The molecule has 2 amide bonds. The van der Waals surface area contributed by atoms with Crippen molar-refractivity contribution >= 4 is 98.7 Å². The van der Waals surface area contributed by atoms with Crippen LogP contribution < -0.4 is 25.2 Å². The normalized spacial score (nSPS) is 17.1. The molecule has 3 fully saturated rings. The van der Waals surface area contributed by atoms with Crippen LogP contribution in [0.2, 0.25) is 5.02 Å². The number of aromatic nitrogens is 1. The van der Waals surface area contributed by atoms with Crippen LogP contribution in [0.25, 0.3) is 32.3 Å². The molecule has 4 N–H and O–H groups in total. The fraction of sp³-hybridized carbons (Fsp3) is 0.377. The van der Waals surface area contributed by atoms with Crippen molar-refractivity contribution < 1.29 is 38.5 Å². The summed E-state index contributed by atoms with van der Waals surface area (Å²) in [7, 11) is 2.60. The molecule has 2 unspecified atom stereocenters. The third-order valence-electron chi connectivity index (χ3n) is 13.7. The van der Waals surface area contributed by atoms with Crippen molar-refractivity contribution in [1.29, 1.82) is 0 Å². The molecule has 1 aliphatic carbocycles. The molecule has 4 aromatic carbocycles. The largest absolute Gasteiger partial charge is 0.483 e. The van der Waals surface area contributed by atoms with Crippen LogP contribution in [0.3, 0.4) is 0 Å². The van der Waals surface area contributed by atoms with E-state index in [-0.39, 0.29) is 39.7 Å². The third kappa shape index (κ3) is 10.6. The molecule has 2 saturated heterocycles. The van der Waals surface area contributed by atoms with Crippen molar-refractivity contribution in [2.75, 3.05) is 55.5 Å². The first-order valence-electron chi connectivity index (χ1n) is 23.6. The number of carbonyl (C=O) groups is 4. The molecule has 17 heteroatoms. The van der Waals surface area contributed by atoms with Gasteiger partial charge in [-0.3, -0.25) is 14.4 Å². The fourth-order valence-corrected chi connectivity index (χ4v) is 12.7. The second kappa shape index (κ2) is 22.4.